The molecule has 3 saturated heterocycles. The van der Waals surface area contributed by atoms with Crippen molar-refractivity contribution in [2.45, 2.75) is 278 Å². The molecule has 0 aromatic heterocycles. The second-order valence-electron chi connectivity index (χ2n) is 29.7. The van der Waals surface area contributed by atoms with Gasteiger partial charge in [0.2, 0.25) is 0 Å². The number of fused-ring (bicyclic) bond motifs is 7. The van der Waals surface area contributed by atoms with Crippen LogP contribution in [0.2, 0.25) is 17.5 Å². The number of nitrogens with zero attached hydrogens (tertiary/aromatic N) is 1. The van der Waals surface area contributed by atoms with Crippen LogP contribution >= 0.6 is 23.5 Å². The van der Waals surface area contributed by atoms with Gasteiger partial charge in [0.05, 0.1) is 0 Å². The van der Waals surface area contributed by atoms with Gasteiger partial charge in [0.1, 0.15) is 0 Å². The topological polar surface area (TPSA) is 3.24 Å². The van der Waals surface area contributed by atoms with Gasteiger partial charge in [-0.25, -0.2) is 0 Å². The van der Waals surface area contributed by atoms with Crippen LogP contribution in [0.3, 0.4) is 0 Å². The maximum Gasteiger partial charge on any atom is 0.154 e. The molecular weight excluding hydrogens is 810 g/mol. The number of hydrogen-bond donors (Lipinski definition) is 0. The van der Waals surface area contributed by atoms with Crippen LogP contribution in [0, 0.1) is 93.7 Å². The molecule has 3 heterocycles. The molecule has 4 heteroatoms. The minimum absolute atomic E-state index is 0.475. The van der Waals surface area contributed by atoms with E-state index in [4.69, 9.17) is 0 Å². The summed E-state index contributed by atoms with van der Waals surface area (Å²) < 4.78 is 0. The highest BCUT2D eigenvalue weighted by Crippen LogP contribution is 2.71. The lowest BCUT2D eigenvalue weighted by atomic mass is 9.22. The first-order valence-corrected chi connectivity index (χ1v) is 31.9. The molecule has 64 heavy (non-hydrogen) atoms. The Labute approximate surface area is 404 Å². The third-order valence-electron chi connectivity index (χ3n) is 25.3. The van der Waals surface area contributed by atoms with Gasteiger partial charge in [-0.05, 0) is 220 Å². The Morgan fingerprint density at radius 3 is 1.52 bits per heavy atom. The summed E-state index contributed by atoms with van der Waals surface area (Å²) in [7, 11) is 0. The minimum Gasteiger partial charge on any atom is -0.294 e. The Morgan fingerprint density at radius 2 is 0.891 bits per heavy atom. The molecule has 0 bridgehead atoms. The van der Waals surface area contributed by atoms with Gasteiger partial charge >= 0.3 is 0 Å². The lowest BCUT2D eigenvalue weighted by Crippen LogP contribution is -2.62. The van der Waals surface area contributed by atoms with E-state index in [1.54, 1.807) is 148 Å². The van der Waals surface area contributed by atoms with Gasteiger partial charge in [-0.2, -0.15) is 23.5 Å². The molecule has 13 rings (SSSR count). The number of hydrogen-bond acceptors (Lipinski definition) is 3. The molecule has 0 spiro atoms. The first-order chi connectivity index (χ1) is 31.0. The van der Waals surface area contributed by atoms with Crippen LogP contribution in [0.25, 0.3) is 0 Å². The maximum atomic E-state index is 3.40. The highest BCUT2D eigenvalue weighted by Gasteiger charge is 2.65. The molecular formula is C60H98BNS2. The molecule has 0 aromatic carbocycles. The average molecular weight is 908 g/mol. The van der Waals surface area contributed by atoms with Crippen molar-refractivity contribution in [2.75, 3.05) is 0 Å². The Balaban J connectivity index is 0.822. The molecule has 358 valence electrons. The second-order valence-corrected chi connectivity index (χ2v) is 32.7. The molecule has 0 amide bonds. The van der Waals surface area contributed by atoms with Crippen LogP contribution in [0.4, 0.5) is 0 Å². The van der Waals surface area contributed by atoms with Gasteiger partial charge in [-0.15, -0.1) is 0 Å². The van der Waals surface area contributed by atoms with Crippen molar-refractivity contribution in [3.8, 4) is 0 Å². The first-order valence-electron chi connectivity index (χ1n) is 30.0. The smallest absolute Gasteiger partial charge is 0.154 e. The SMILES string of the molecule is CC(C)(C)C1CC2CC[C@@H]3C[C@H](C(C)(C)C)C[C@@H]4CC(C5CCC6SC7CC(N8C9CCCC[C@H]9C9CCCC[C@H]98)CC8SC9CCC(C%10CCCCC%10)C[C@H]9B(C6C5)[C@@H]78)C(C1)C2C34. The molecule has 3 aliphatic heterocycles. The van der Waals surface area contributed by atoms with E-state index in [-0.39, 0.29) is 0 Å². The molecule has 10 saturated carbocycles. The van der Waals surface area contributed by atoms with E-state index in [9.17, 15) is 0 Å². The fourth-order valence-corrected chi connectivity index (χ4v) is 27.1. The fraction of sp³-hybridized carbons (Fsp3) is 1.00. The lowest BCUT2D eigenvalue weighted by Gasteiger charge is -2.65. The molecule has 10 aliphatic carbocycles. The van der Waals surface area contributed by atoms with E-state index in [0.717, 1.165) is 146 Å². The van der Waals surface area contributed by atoms with Crippen molar-refractivity contribution in [3.63, 3.8) is 0 Å². The number of thioether (sulfide) groups is 2. The van der Waals surface area contributed by atoms with Crippen molar-refractivity contribution in [1.29, 1.82) is 0 Å². The first kappa shape index (κ1) is 44.6. The van der Waals surface area contributed by atoms with Gasteiger partial charge in [0.25, 0.3) is 0 Å². The predicted octanol–water partition coefficient (Wildman–Crippen LogP) is 16.8. The maximum absolute atomic E-state index is 3.40. The summed E-state index contributed by atoms with van der Waals surface area (Å²) in [5.74, 6) is 17.8. The van der Waals surface area contributed by atoms with E-state index in [2.05, 4.69) is 70.0 Å². The standard InChI is InChI=1S/C60H98BNS2/c1-59(2,3)41-26-38-20-21-39-27-42(60(4,5)6)32-47-46(29-40(28-41)56(38)57(39)47)37-23-25-53-49(31-37)61-48-30-36(35-14-8-7-9-15-35)22-24-52(48)63-54-33-43(34-55(64-53)58(54)61)62-50-18-12-10-16-44(50)45-17-11-13-19-51(45)62/h35-58H,7-34H2,1-6H3/t36?,37?,38-,39?,40-,41+,42?,43?,44+,45?,46?,47?,48-,49?,50?,51-,52?,53?,54?,55?,56?,57?,58-/m1/s1. The van der Waals surface area contributed by atoms with Crippen LogP contribution in [0.1, 0.15) is 221 Å². The number of rotatable bonds is 3. The fourth-order valence-electron chi connectivity index (χ4n) is 22.8. The summed E-state index contributed by atoms with van der Waals surface area (Å²) in [4.78, 5) is 3.40. The molecule has 0 N–H and O–H groups in total. The van der Waals surface area contributed by atoms with E-state index in [0.29, 0.717) is 10.8 Å². The van der Waals surface area contributed by atoms with Crippen molar-refractivity contribution in [1.82, 2.24) is 4.90 Å². The quantitative estimate of drug-likeness (QED) is 0.260. The molecule has 16 unspecified atom stereocenters. The normalized spacial score (nSPS) is 54.1. The van der Waals surface area contributed by atoms with Crippen LogP contribution in [-0.2, 0) is 0 Å². The van der Waals surface area contributed by atoms with E-state index in [1.807, 2.05) is 0 Å². The Bertz CT molecular complexity index is 1630. The second kappa shape index (κ2) is 17.2. The highest BCUT2D eigenvalue weighted by molar-refractivity contribution is 8.02. The lowest BCUT2D eigenvalue weighted by molar-refractivity contribution is -0.151. The van der Waals surface area contributed by atoms with E-state index >= 15 is 0 Å². The highest BCUT2D eigenvalue weighted by atomic mass is 32.2. The zero-order valence-corrected chi connectivity index (χ0v) is 44.1. The van der Waals surface area contributed by atoms with Crippen LogP contribution in [-0.4, -0.2) is 50.7 Å². The Kier molecular flexibility index (Phi) is 12.0. The summed E-state index contributed by atoms with van der Waals surface area (Å²) in [6.07, 6.45) is 44.3. The van der Waals surface area contributed by atoms with Gasteiger partial charge in [0.15, 0.2) is 6.71 Å². The zero-order chi connectivity index (χ0) is 43.2. The number of likely N-dealkylation sites (tertiary alicyclic amines) is 1. The van der Waals surface area contributed by atoms with Crippen LogP contribution < -0.4 is 0 Å². The summed E-state index contributed by atoms with van der Waals surface area (Å²) in [6, 6.07) is 2.82. The van der Waals surface area contributed by atoms with Gasteiger partial charge in [0, 0.05) is 39.1 Å². The van der Waals surface area contributed by atoms with Crippen molar-refractivity contribution in [2.24, 2.45) is 93.7 Å². The van der Waals surface area contributed by atoms with Crippen molar-refractivity contribution < 1.29 is 0 Å². The average Bonchev–Trinajstić information content (AvgIpc) is 3.64. The molecule has 1 nitrogen and oxygen atoms in total. The van der Waals surface area contributed by atoms with E-state index < -0.39 is 0 Å². The zero-order valence-electron chi connectivity index (χ0n) is 42.5. The summed E-state index contributed by atoms with van der Waals surface area (Å²) in [5, 5.41) is 3.92. The van der Waals surface area contributed by atoms with Crippen molar-refractivity contribution in [3.05, 3.63) is 0 Å². The Morgan fingerprint density at radius 1 is 0.375 bits per heavy atom. The van der Waals surface area contributed by atoms with Crippen LogP contribution in [0.5, 0.6) is 0 Å². The molecule has 23 atom stereocenters. The summed E-state index contributed by atoms with van der Waals surface area (Å²) in [5.41, 5.74) is 0.959. The largest absolute Gasteiger partial charge is 0.294 e. The Hall–Kier alpha value is 0.725. The van der Waals surface area contributed by atoms with E-state index in [1.165, 1.54) is 32.1 Å². The van der Waals surface area contributed by atoms with Gasteiger partial charge < -0.3 is 0 Å². The third kappa shape index (κ3) is 7.57. The van der Waals surface area contributed by atoms with Crippen molar-refractivity contribution >= 4 is 30.2 Å². The monoisotopic (exact) mass is 908 g/mol. The van der Waals surface area contributed by atoms with Gasteiger partial charge in [-0.1, -0.05) is 112 Å². The molecule has 13 fully saturated rings. The van der Waals surface area contributed by atoms with Gasteiger partial charge in [-0.3, -0.25) is 4.90 Å². The molecule has 0 aromatic rings. The summed E-state index contributed by atoms with van der Waals surface area (Å²) in [6.45, 7) is 16.9. The summed E-state index contributed by atoms with van der Waals surface area (Å²) >= 11 is 5.40. The predicted molar refractivity (Wildman–Crippen MR) is 278 cm³/mol. The third-order valence-corrected chi connectivity index (χ3v) is 28.9. The molecule has 0 radical (unpaired) electrons. The minimum atomic E-state index is 0.475. The van der Waals surface area contributed by atoms with Crippen LogP contribution in [0.15, 0.2) is 0 Å². The molecule has 13 aliphatic rings.